The summed E-state index contributed by atoms with van der Waals surface area (Å²) in [4.78, 5) is 16.9. The molecule has 0 aromatic heterocycles. The van der Waals surface area contributed by atoms with Gasteiger partial charge in [0.25, 0.3) is 0 Å². The van der Waals surface area contributed by atoms with E-state index < -0.39 is 0 Å². The fourth-order valence-electron chi connectivity index (χ4n) is 3.73. The molecule has 4 nitrogen and oxygen atoms in total. The summed E-state index contributed by atoms with van der Waals surface area (Å²) < 4.78 is 5.12. The minimum absolute atomic E-state index is 0.158. The Bertz CT molecular complexity index is 343. The van der Waals surface area contributed by atoms with Gasteiger partial charge in [-0.15, -0.1) is 0 Å². The average molecular weight is 266 g/mol. The lowest BCUT2D eigenvalue weighted by Gasteiger charge is -2.44. The standard InChI is InChI=1S/C15H26N2O2/c1-19-9-8-16-12-15(10-14(16)18)6-2-3-7-17(15)11-13-4-5-13/h13H,2-12H2,1H3. The molecule has 1 spiro atoms. The summed E-state index contributed by atoms with van der Waals surface area (Å²) in [6.45, 7) is 4.77. The van der Waals surface area contributed by atoms with Crippen molar-refractivity contribution in [2.24, 2.45) is 5.92 Å². The van der Waals surface area contributed by atoms with Crippen molar-refractivity contribution >= 4 is 5.91 Å². The largest absolute Gasteiger partial charge is 0.383 e. The molecule has 3 aliphatic rings. The van der Waals surface area contributed by atoms with E-state index in [1.165, 1.54) is 45.2 Å². The van der Waals surface area contributed by atoms with Gasteiger partial charge in [0.2, 0.25) is 5.91 Å². The summed E-state index contributed by atoms with van der Waals surface area (Å²) in [6.07, 6.45) is 7.33. The van der Waals surface area contributed by atoms with Crippen molar-refractivity contribution in [3.05, 3.63) is 0 Å². The van der Waals surface area contributed by atoms with Crippen LogP contribution in [0.15, 0.2) is 0 Å². The molecule has 0 radical (unpaired) electrons. The minimum Gasteiger partial charge on any atom is -0.383 e. The Morgan fingerprint density at radius 2 is 2.21 bits per heavy atom. The Morgan fingerprint density at radius 1 is 1.37 bits per heavy atom. The molecular weight excluding hydrogens is 240 g/mol. The number of hydrogen-bond acceptors (Lipinski definition) is 3. The van der Waals surface area contributed by atoms with E-state index in [0.717, 1.165) is 25.4 Å². The van der Waals surface area contributed by atoms with Gasteiger partial charge in [0.15, 0.2) is 0 Å². The predicted octanol–water partition coefficient (Wildman–Crippen LogP) is 1.50. The Morgan fingerprint density at radius 3 is 2.95 bits per heavy atom. The number of methoxy groups -OCH3 is 1. The number of nitrogens with zero attached hydrogens (tertiary/aromatic N) is 2. The van der Waals surface area contributed by atoms with E-state index in [0.29, 0.717) is 12.5 Å². The lowest BCUT2D eigenvalue weighted by molar-refractivity contribution is -0.128. The van der Waals surface area contributed by atoms with Crippen LogP contribution in [0.5, 0.6) is 0 Å². The number of ether oxygens (including phenoxy) is 1. The third kappa shape index (κ3) is 2.79. The molecule has 1 saturated carbocycles. The lowest BCUT2D eigenvalue weighted by Crippen LogP contribution is -2.54. The first kappa shape index (κ1) is 13.4. The van der Waals surface area contributed by atoms with Gasteiger partial charge in [0.05, 0.1) is 6.61 Å². The van der Waals surface area contributed by atoms with E-state index >= 15 is 0 Å². The van der Waals surface area contributed by atoms with Crippen molar-refractivity contribution in [2.45, 2.75) is 44.1 Å². The first-order valence-corrected chi connectivity index (χ1v) is 7.75. The van der Waals surface area contributed by atoms with Gasteiger partial charge in [0.1, 0.15) is 0 Å². The van der Waals surface area contributed by atoms with Crippen LogP contribution in [0.25, 0.3) is 0 Å². The topological polar surface area (TPSA) is 32.8 Å². The molecule has 2 saturated heterocycles. The first-order chi connectivity index (χ1) is 9.23. The molecule has 4 heteroatoms. The van der Waals surface area contributed by atoms with E-state index in [-0.39, 0.29) is 5.54 Å². The number of likely N-dealkylation sites (tertiary alicyclic amines) is 2. The molecular formula is C15H26N2O2. The highest BCUT2D eigenvalue weighted by Gasteiger charge is 2.48. The molecule has 0 bridgehead atoms. The Kier molecular flexibility index (Phi) is 3.81. The summed E-state index contributed by atoms with van der Waals surface area (Å²) in [5, 5.41) is 0. The zero-order valence-electron chi connectivity index (χ0n) is 12.1. The van der Waals surface area contributed by atoms with Crippen molar-refractivity contribution in [3.8, 4) is 0 Å². The summed E-state index contributed by atoms with van der Waals surface area (Å²) >= 11 is 0. The zero-order valence-corrected chi connectivity index (χ0v) is 12.1. The quantitative estimate of drug-likeness (QED) is 0.756. The predicted molar refractivity (Wildman–Crippen MR) is 74.0 cm³/mol. The Labute approximate surface area is 116 Å². The molecule has 0 aromatic rings. The van der Waals surface area contributed by atoms with Crippen LogP contribution in [0.2, 0.25) is 0 Å². The second kappa shape index (κ2) is 5.41. The molecule has 1 aliphatic carbocycles. The zero-order chi connectivity index (χ0) is 13.3. The Hall–Kier alpha value is -0.610. The molecule has 2 heterocycles. The Balaban J connectivity index is 1.67. The van der Waals surface area contributed by atoms with Crippen molar-refractivity contribution in [3.63, 3.8) is 0 Å². The van der Waals surface area contributed by atoms with E-state index in [1.807, 2.05) is 4.90 Å². The van der Waals surface area contributed by atoms with Gasteiger partial charge in [-0.25, -0.2) is 0 Å². The van der Waals surface area contributed by atoms with Crippen LogP contribution in [-0.2, 0) is 9.53 Å². The van der Waals surface area contributed by atoms with Crippen LogP contribution >= 0.6 is 0 Å². The SMILES string of the molecule is COCCN1CC2(CCCCN2CC2CC2)CC1=O. The van der Waals surface area contributed by atoms with E-state index in [9.17, 15) is 4.79 Å². The van der Waals surface area contributed by atoms with E-state index in [1.54, 1.807) is 7.11 Å². The molecule has 108 valence electrons. The number of hydrogen-bond donors (Lipinski definition) is 0. The molecule has 3 rings (SSSR count). The molecule has 3 fully saturated rings. The number of rotatable bonds is 5. The van der Waals surface area contributed by atoms with Gasteiger partial charge in [-0.3, -0.25) is 9.69 Å². The summed E-state index contributed by atoms with van der Waals surface area (Å²) in [5.41, 5.74) is 0.158. The van der Waals surface area contributed by atoms with Crippen LogP contribution < -0.4 is 0 Å². The fourth-order valence-corrected chi connectivity index (χ4v) is 3.73. The summed E-state index contributed by atoms with van der Waals surface area (Å²) in [6, 6.07) is 0. The van der Waals surface area contributed by atoms with Gasteiger partial charge < -0.3 is 9.64 Å². The molecule has 1 unspecified atom stereocenters. The highest BCUT2D eigenvalue weighted by molar-refractivity contribution is 5.80. The number of piperidine rings is 1. The lowest BCUT2D eigenvalue weighted by atomic mass is 9.85. The highest BCUT2D eigenvalue weighted by Crippen LogP contribution is 2.40. The third-order valence-electron chi connectivity index (χ3n) is 5.05. The molecule has 0 aromatic carbocycles. The number of carbonyl (C=O) groups is 1. The number of amides is 1. The van der Waals surface area contributed by atoms with Gasteiger partial charge >= 0.3 is 0 Å². The van der Waals surface area contributed by atoms with Crippen LogP contribution in [0, 0.1) is 5.92 Å². The molecule has 19 heavy (non-hydrogen) atoms. The molecule has 0 N–H and O–H groups in total. The van der Waals surface area contributed by atoms with Crippen LogP contribution in [0.1, 0.15) is 38.5 Å². The fraction of sp³-hybridized carbons (Fsp3) is 0.933. The highest BCUT2D eigenvalue weighted by atomic mass is 16.5. The van der Waals surface area contributed by atoms with Crippen molar-refractivity contribution in [1.29, 1.82) is 0 Å². The van der Waals surface area contributed by atoms with Crippen molar-refractivity contribution in [1.82, 2.24) is 9.80 Å². The molecule has 1 amide bonds. The smallest absolute Gasteiger partial charge is 0.224 e. The van der Waals surface area contributed by atoms with Gasteiger partial charge in [-0.05, 0) is 38.1 Å². The summed E-state index contributed by atoms with van der Waals surface area (Å²) in [5.74, 6) is 1.25. The molecule has 1 atom stereocenters. The monoisotopic (exact) mass is 266 g/mol. The second-order valence-corrected chi connectivity index (χ2v) is 6.56. The first-order valence-electron chi connectivity index (χ1n) is 7.75. The van der Waals surface area contributed by atoms with Gasteiger partial charge in [0, 0.05) is 38.7 Å². The maximum atomic E-state index is 12.2. The third-order valence-corrected chi connectivity index (χ3v) is 5.05. The molecule has 2 aliphatic heterocycles. The van der Waals surface area contributed by atoms with Crippen LogP contribution in [0.3, 0.4) is 0 Å². The van der Waals surface area contributed by atoms with Crippen molar-refractivity contribution in [2.75, 3.05) is 39.9 Å². The maximum Gasteiger partial charge on any atom is 0.224 e. The number of carbonyl (C=O) groups excluding carboxylic acids is 1. The summed E-state index contributed by atoms with van der Waals surface area (Å²) in [7, 11) is 1.70. The maximum absolute atomic E-state index is 12.2. The minimum atomic E-state index is 0.158. The van der Waals surface area contributed by atoms with E-state index in [2.05, 4.69) is 4.90 Å². The van der Waals surface area contributed by atoms with E-state index in [4.69, 9.17) is 4.74 Å². The average Bonchev–Trinajstić information content (AvgIpc) is 3.16. The van der Waals surface area contributed by atoms with Crippen LogP contribution in [-0.4, -0.2) is 61.1 Å². The normalized spacial score (nSPS) is 32.5. The van der Waals surface area contributed by atoms with Crippen LogP contribution in [0.4, 0.5) is 0 Å². The van der Waals surface area contributed by atoms with Gasteiger partial charge in [-0.1, -0.05) is 6.42 Å². The second-order valence-electron chi connectivity index (χ2n) is 6.56. The van der Waals surface area contributed by atoms with Crippen molar-refractivity contribution < 1.29 is 9.53 Å². The van der Waals surface area contributed by atoms with Gasteiger partial charge in [-0.2, -0.15) is 0 Å².